The van der Waals surface area contributed by atoms with Crippen LogP contribution in [0.2, 0.25) is 0 Å². The van der Waals surface area contributed by atoms with E-state index in [1.54, 1.807) is 0 Å². The van der Waals surface area contributed by atoms with Crippen LogP contribution in [0.5, 0.6) is 0 Å². The van der Waals surface area contributed by atoms with Gasteiger partial charge in [-0.3, -0.25) is 0 Å². The summed E-state index contributed by atoms with van der Waals surface area (Å²) in [6.07, 6.45) is 7.03. The molecule has 2 fully saturated rings. The number of rotatable bonds is 3. The van der Waals surface area contributed by atoms with Crippen LogP contribution >= 0.6 is 0 Å². The molecule has 1 aliphatic heterocycles. The molecule has 1 heterocycles. The lowest BCUT2D eigenvalue weighted by molar-refractivity contribution is 0.0554. The van der Waals surface area contributed by atoms with Gasteiger partial charge in [0.1, 0.15) is 6.10 Å². The van der Waals surface area contributed by atoms with Crippen LogP contribution < -0.4 is 5.32 Å². The van der Waals surface area contributed by atoms with E-state index in [9.17, 15) is 4.79 Å². The van der Waals surface area contributed by atoms with Crippen LogP contribution in [0.3, 0.4) is 0 Å². The predicted molar refractivity (Wildman–Crippen MR) is 80.8 cm³/mol. The third-order valence-corrected chi connectivity index (χ3v) is 4.26. The number of nitrogens with zero attached hydrogens (tertiary/aromatic N) is 1. The first-order chi connectivity index (χ1) is 9.42. The average Bonchev–Trinajstić information content (AvgIpc) is 2.82. The van der Waals surface area contributed by atoms with Gasteiger partial charge in [0, 0.05) is 12.1 Å². The van der Waals surface area contributed by atoms with E-state index in [0.29, 0.717) is 0 Å². The van der Waals surface area contributed by atoms with Crippen molar-refractivity contribution < 1.29 is 9.53 Å². The fourth-order valence-corrected chi connectivity index (χ4v) is 3.25. The van der Waals surface area contributed by atoms with Crippen molar-refractivity contribution in [2.75, 3.05) is 19.6 Å². The van der Waals surface area contributed by atoms with Gasteiger partial charge in [-0.25, -0.2) is 4.79 Å². The van der Waals surface area contributed by atoms with E-state index in [4.69, 9.17) is 4.74 Å². The summed E-state index contributed by atoms with van der Waals surface area (Å²) in [6, 6.07) is 0. The highest BCUT2D eigenvalue weighted by Gasteiger charge is 2.26. The number of amides is 1. The van der Waals surface area contributed by atoms with Gasteiger partial charge in [-0.15, -0.1) is 0 Å². The second-order valence-corrected chi connectivity index (χ2v) is 7.43. The number of ether oxygens (including phenoxy) is 1. The maximum atomic E-state index is 11.7. The van der Waals surface area contributed by atoms with Crippen LogP contribution in [0.4, 0.5) is 4.79 Å². The van der Waals surface area contributed by atoms with Crippen molar-refractivity contribution in [3.05, 3.63) is 0 Å². The second-order valence-electron chi connectivity index (χ2n) is 7.43. The first kappa shape index (κ1) is 15.6. The Morgan fingerprint density at radius 2 is 1.75 bits per heavy atom. The first-order valence-electron chi connectivity index (χ1n) is 8.13. The number of likely N-dealkylation sites (tertiary alicyclic amines) is 1. The van der Waals surface area contributed by atoms with Gasteiger partial charge < -0.3 is 15.0 Å². The van der Waals surface area contributed by atoms with E-state index in [1.165, 1.54) is 45.3 Å². The minimum absolute atomic E-state index is 0.118. The molecule has 0 bridgehead atoms. The minimum atomic E-state index is -0.263. The largest absolute Gasteiger partial charge is 0.446 e. The SMILES string of the molecule is CC(C)(C)NC(=O)OC1CCC(CN2CCCC2)CC1. The quantitative estimate of drug-likeness (QED) is 0.864. The summed E-state index contributed by atoms with van der Waals surface area (Å²) in [5.74, 6) is 0.804. The summed E-state index contributed by atoms with van der Waals surface area (Å²) in [5, 5.41) is 2.87. The highest BCUT2D eigenvalue weighted by molar-refractivity contribution is 5.68. The Bertz CT molecular complexity index is 311. The van der Waals surface area contributed by atoms with Crippen molar-refractivity contribution in [2.24, 2.45) is 5.92 Å². The lowest BCUT2D eigenvalue weighted by Crippen LogP contribution is -2.43. The number of hydrogen-bond donors (Lipinski definition) is 1. The topological polar surface area (TPSA) is 41.6 Å². The molecule has 4 heteroatoms. The summed E-state index contributed by atoms with van der Waals surface area (Å²) >= 11 is 0. The predicted octanol–water partition coefficient (Wildman–Crippen LogP) is 3.17. The number of hydrogen-bond acceptors (Lipinski definition) is 3. The van der Waals surface area contributed by atoms with Crippen LogP contribution in [0.15, 0.2) is 0 Å². The number of carbonyl (C=O) groups excluding carboxylic acids is 1. The summed E-state index contributed by atoms with van der Waals surface area (Å²) in [4.78, 5) is 14.3. The number of carbonyl (C=O) groups is 1. The zero-order valence-electron chi connectivity index (χ0n) is 13.3. The lowest BCUT2D eigenvalue weighted by atomic mass is 9.87. The maximum Gasteiger partial charge on any atom is 0.407 e. The van der Waals surface area contributed by atoms with Crippen molar-refractivity contribution in [3.63, 3.8) is 0 Å². The van der Waals surface area contributed by atoms with Crippen molar-refractivity contribution in [1.29, 1.82) is 0 Å². The summed E-state index contributed by atoms with van der Waals surface area (Å²) in [6.45, 7) is 9.74. The first-order valence-corrected chi connectivity index (χ1v) is 8.13. The average molecular weight is 282 g/mol. The smallest absolute Gasteiger partial charge is 0.407 e. The van der Waals surface area contributed by atoms with Gasteiger partial charge in [0.25, 0.3) is 0 Å². The lowest BCUT2D eigenvalue weighted by Gasteiger charge is -2.31. The standard InChI is InChI=1S/C16H30N2O2/c1-16(2,3)17-15(19)20-14-8-6-13(7-9-14)12-18-10-4-5-11-18/h13-14H,4-12H2,1-3H3,(H,17,19). The molecule has 0 aromatic rings. The maximum absolute atomic E-state index is 11.7. The van der Waals surface area contributed by atoms with Gasteiger partial charge in [0.05, 0.1) is 0 Å². The van der Waals surface area contributed by atoms with Gasteiger partial charge in [0.2, 0.25) is 0 Å². The third kappa shape index (κ3) is 5.31. The van der Waals surface area contributed by atoms with E-state index in [2.05, 4.69) is 10.2 Å². The van der Waals surface area contributed by atoms with Crippen molar-refractivity contribution in [2.45, 2.75) is 70.9 Å². The Morgan fingerprint density at radius 3 is 2.30 bits per heavy atom. The normalized spacial score (nSPS) is 28.4. The molecule has 2 rings (SSSR count). The van der Waals surface area contributed by atoms with Gasteiger partial charge >= 0.3 is 6.09 Å². The monoisotopic (exact) mass is 282 g/mol. The molecule has 4 nitrogen and oxygen atoms in total. The second kappa shape index (κ2) is 6.79. The van der Waals surface area contributed by atoms with Crippen LogP contribution in [0.1, 0.15) is 59.3 Å². The van der Waals surface area contributed by atoms with Crippen molar-refractivity contribution in [3.8, 4) is 0 Å². The molecule has 1 amide bonds. The molecule has 0 spiro atoms. The molecule has 20 heavy (non-hydrogen) atoms. The Hall–Kier alpha value is -0.770. The molecule has 0 atom stereocenters. The van der Waals surface area contributed by atoms with Crippen molar-refractivity contribution >= 4 is 6.09 Å². The molecule has 0 aromatic heterocycles. The molecular formula is C16H30N2O2. The molecule has 1 saturated carbocycles. The highest BCUT2D eigenvalue weighted by atomic mass is 16.6. The number of alkyl carbamates (subject to hydrolysis) is 1. The van der Waals surface area contributed by atoms with Crippen LogP contribution in [-0.4, -0.2) is 42.3 Å². The zero-order chi connectivity index (χ0) is 14.6. The molecule has 2 aliphatic rings. The molecule has 0 unspecified atom stereocenters. The van der Waals surface area contributed by atoms with E-state index < -0.39 is 0 Å². The van der Waals surface area contributed by atoms with E-state index in [-0.39, 0.29) is 17.7 Å². The third-order valence-electron chi connectivity index (χ3n) is 4.26. The fraction of sp³-hybridized carbons (Fsp3) is 0.938. The Morgan fingerprint density at radius 1 is 1.15 bits per heavy atom. The Kier molecular flexibility index (Phi) is 5.30. The summed E-state index contributed by atoms with van der Waals surface area (Å²) in [7, 11) is 0. The fourth-order valence-electron chi connectivity index (χ4n) is 3.25. The summed E-state index contributed by atoms with van der Waals surface area (Å²) < 4.78 is 5.52. The van der Waals surface area contributed by atoms with Crippen LogP contribution in [0, 0.1) is 5.92 Å². The molecular weight excluding hydrogens is 252 g/mol. The summed E-state index contributed by atoms with van der Waals surface area (Å²) in [5.41, 5.74) is -0.218. The molecule has 0 radical (unpaired) electrons. The number of nitrogens with one attached hydrogen (secondary N) is 1. The molecule has 1 saturated heterocycles. The van der Waals surface area contributed by atoms with Gasteiger partial charge in [-0.2, -0.15) is 0 Å². The molecule has 0 aromatic carbocycles. The molecule has 1 N–H and O–H groups in total. The van der Waals surface area contributed by atoms with E-state index in [1.807, 2.05) is 20.8 Å². The Balaban J connectivity index is 1.64. The van der Waals surface area contributed by atoms with E-state index >= 15 is 0 Å². The molecule has 1 aliphatic carbocycles. The van der Waals surface area contributed by atoms with E-state index in [0.717, 1.165) is 18.8 Å². The minimum Gasteiger partial charge on any atom is -0.446 e. The molecule has 116 valence electrons. The van der Waals surface area contributed by atoms with Gasteiger partial charge in [0.15, 0.2) is 0 Å². The van der Waals surface area contributed by atoms with Crippen LogP contribution in [-0.2, 0) is 4.74 Å². The zero-order valence-corrected chi connectivity index (χ0v) is 13.3. The van der Waals surface area contributed by atoms with Crippen molar-refractivity contribution in [1.82, 2.24) is 10.2 Å². The highest BCUT2D eigenvalue weighted by Crippen LogP contribution is 2.28. The van der Waals surface area contributed by atoms with Crippen LogP contribution in [0.25, 0.3) is 0 Å². The van der Waals surface area contributed by atoms with Gasteiger partial charge in [-0.05, 0) is 78.3 Å². The van der Waals surface area contributed by atoms with Gasteiger partial charge in [-0.1, -0.05) is 0 Å². The Labute approximate surface area is 123 Å².